The van der Waals surface area contributed by atoms with E-state index in [9.17, 15) is 4.79 Å². The fourth-order valence-electron chi connectivity index (χ4n) is 2.58. The number of carbonyl (C=O) groups excluding carboxylic acids is 1. The molecule has 2 aromatic carbocycles. The SMILES string of the molecule is COc1ccccc1Nc1cncc(C(=O)Nc2ccc(N(C)C)cc2)c1. The monoisotopic (exact) mass is 362 g/mol. The zero-order valence-electron chi connectivity index (χ0n) is 15.6. The Bertz CT molecular complexity index is 923. The molecule has 6 nitrogen and oxygen atoms in total. The lowest BCUT2D eigenvalue weighted by Gasteiger charge is -2.13. The smallest absolute Gasteiger partial charge is 0.257 e. The molecule has 0 radical (unpaired) electrons. The van der Waals surface area contributed by atoms with Crippen molar-refractivity contribution in [3.8, 4) is 5.75 Å². The van der Waals surface area contributed by atoms with Gasteiger partial charge in [0.25, 0.3) is 5.91 Å². The maximum absolute atomic E-state index is 12.5. The first-order valence-corrected chi connectivity index (χ1v) is 8.50. The van der Waals surface area contributed by atoms with Crippen molar-refractivity contribution in [2.45, 2.75) is 0 Å². The molecule has 0 fully saturated rings. The molecule has 1 aromatic heterocycles. The first-order chi connectivity index (χ1) is 13.1. The Kier molecular flexibility index (Phi) is 5.56. The first kappa shape index (κ1) is 18.3. The van der Waals surface area contributed by atoms with Crippen LogP contribution in [0, 0.1) is 0 Å². The summed E-state index contributed by atoms with van der Waals surface area (Å²) in [6.45, 7) is 0. The molecule has 1 heterocycles. The van der Waals surface area contributed by atoms with Gasteiger partial charge in [-0.2, -0.15) is 0 Å². The first-order valence-electron chi connectivity index (χ1n) is 8.50. The molecule has 0 spiro atoms. The maximum atomic E-state index is 12.5. The Morgan fingerprint density at radius 1 is 1.00 bits per heavy atom. The van der Waals surface area contributed by atoms with Crippen LogP contribution in [0.2, 0.25) is 0 Å². The van der Waals surface area contributed by atoms with E-state index in [0.717, 1.165) is 17.1 Å². The lowest BCUT2D eigenvalue weighted by molar-refractivity contribution is 0.102. The van der Waals surface area contributed by atoms with Gasteiger partial charge in [0.15, 0.2) is 0 Å². The number of hydrogen-bond donors (Lipinski definition) is 2. The minimum atomic E-state index is -0.219. The molecule has 0 atom stereocenters. The molecule has 27 heavy (non-hydrogen) atoms. The molecule has 0 bridgehead atoms. The molecule has 3 aromatic rings. The highest BCUT2D eigenvalue weighted by molar-refractivity contribution is 6.04. The Morgan fingerprint density at radius 2 is 1.74 bits per heavy atom. The molecule has 6 heteroatoms. The van der Waals surface area contributed by atoms with Gasteiger partial charge in [0.05, 0.1) is 30.2 Å². The van der Waals surface area contributed by atoms with Crippen molar-refractivity contribution < 1.29 is 9.53 Å². The van der Waals surface area contributed by atoms with Crippen LogP contribution >= 0.6 is 0 Å². The number of amides is 1. The summed E-state index contributed by atoms with van der Waals surface area (Å²) in [5, 5.41) is 6.12. The number of anilines is 4. The third-order valence-electron chi connectivity index (χ3n) is 4.03. The fraction of sp³-hybridized carbons (Fsp3) is 0.143. The van der Waals surface area contributed by atoms with Gasteiger partial charge in [-0.15, -0.1) is 0 Å². The van der Waals surface area contributed by atoms with Crippen LogP contribution in [0.25, 0.3) is 0 Å². The van der Waals surface area contributed by atoms with Crippen molar-refractivity contribution >= 4 is 28.7 Å². The molecule has 0 saturated carbocycles. The number of para-hydroxylation sites is 2. The van der Waals surface area contributed by atoms with Crippen LogP contribution in [0.4, 0.5) is 22.7 Å². The van der Waals surface area contributed by atoms with Gasteiger partial charge in [-0.3, -0.25) is 9.78 Å². The topological polar surface area (TPSA) is 66.5 Å². The summed E-state index contributed by atoms with van der Waals surface area (Å²) < 4.78 is 5.34. The van der Waals surface area contributed by atoms with Gasteiger partial charge in [-0.05, 0) is 42.5 Å². The van der Waals surface area contributed by atoms with E-state index in [2.05, 4.69) is 15.6 Å². The molecule has 0 aliphatic rings. The van der Waals surface area contributed by atoms with Crippen molar-refractivity contribution in [3.63, 3.8) is 0 Å². The summed E-state index contributed by atoms with van der Waals surface area (Å²) in [6.07, 6.45) is 3.20. The highest BCUT2D eigenvalue weighted by Gasteiger charge is 2.09. The predicted octanol–water partition coefficient (Wildman–Crippen LogP) is 4.15. The quantitative estimate of drug-likeness (QED) is 0.689. The van der Waals surface area contributed by atoms with Crippen LogP contribution in [0.5, 0.6) is 5.75 Å². The molecular formula is C21H22N4O2. The third kappa shape index (κ3) is 4.55. The minimum Gasteiger partial charge on any atom is -0.495 e. The zero-order chi connectivity index (χ0) is 19.2. The van der Waals surface area contributed by atoms with E-state index in [1.165, 1.54) is 6.20 Å². The number of nitrogens with one attached hydrogen (secondary N) is 2. The second-order valence-electron chi connectivity index (χ2n) is 6.18. The summed E-state index contributed by atoms with van der Waals surface area (Å²) in [7, 11) is 5.56. The zero-order valence-corrected chi connectivity index (χ0v) is 15.6. The van der Waals surface area contributed by atoms with Gasteiger partial charge in [-0.1, -0.05) is 12.1 Å². The molecule has 138 valence electrons. The number of pyridine rings is 1. The third-order valence-corrected chi connectivity index (χ3v) is 4.03. The Balaban J connectivity index is 1.73. The molecule has 0 aliphatic heterocycles. The van der Waals surface area contributed by atoms with E-state index in [1.807, 2.05) is 67.5 Å². The summed E-state index contributed by atoms with van der Waals surface area (Å²) in [5.74, 6) is 0.497. The summed E-state index contributed by atoms with van der Waals surface area (Å²) in [5.41, 5.74) is 3.77. The molecule has 0 aliphatic carbocycles. The highest BCUT2D eigenvalue weighted by Crippen LogP contribution is 2.27. The highest BCUT2D eigenvalue weighted by atomic mass is 16.5. The average Bonchev–Trinajstić information content (AvgIpc) is 2.69. The molecule has 0 saturated heterocycles. The van der Waals surface area contributed by atoms with E-state index in [-0.39, 0.29) is 5.91 Å². The Labute approximate surface area is 158 Å². The minimum absolute atomic E-state index is 0.219. The molecule has 3 rings (SSSR count). The van der Waals surface area contributed by atoms with Crippen LogP contribution in [0.1, 0.15) is 10.4 Å². The number of nitrogens with zero attached hydrogens (tertiary/aromatic N) is 2. The lowest BCUT2D eigenvalue weighted by Crippen LogP contribution is -2.13. The summed E-state index contributed by atoms with van der Waals surface area (Å²) in [6, 6.07) is 17.0. The maximum Gasteiger partial charge on any atom is 0.257 e. The predicted molar refractivity (Wildman–Crippen MR) is 109 cm³/mol. The number of carbonyl (C=O) groups is 1. The second kappa shape index (κ2) is 8.23. The van der Waals surface area contributed by atoms with Crippen LogP contribution in [0.3, 0.4) is 0 Å². The van der Waals surface area contributed by atoms with Crippen LogP contribution in [0.15, 0.2) is 67.0 Å². The fourth-order valence-corrected chi connectivity index (χ4v) is 2.58. The summed E-state index contributed by atoms with van der Waals surface area (Å²) in [4.78, 5) is 18.7. The van der Waals surface area contributed by atoms with E-state index in [1.54, 1.807) is 19.4 Å². The molecular weight excluding hydrogens is 340 g/mol. The second-order valence-corrected chi connectivity index (χ2v) is 6.18. The van der Waals surface area contributed by atoms with E-state index in [4.69, 9.17) is 4.74 Å². The number of aromatic nitrogens is 1. The number of ether oxygens (including phenoxy) is 1. The van der Waals surface area contributed by atoms with Crippen LogP contribution in [-0.2, 0) is 0 Å². The Morgan fingerprint density at radius 3 is 2.44 bits per heavy atom. The van der Waals surface area contributed by atoms with Crippen molar-refractivity contribution in [1.29, 1.82) is 0 Å². The Hall–Kier alpha value is -3.54. The molecule has 0 unspecified atom stereocenters. The van der Waals surface area contributed by atoms with Crippen molar-refractivity contribution in [2.24, 2.45) is 0 Å². The van der Waals surface area contributed by atoms with Gasteiger partial charge in [0.1, 0.15) is 5.75 Å². The van der Waals surface area contributed by atoms with Gasteiger partial charge in [0, 0.05) is 31.7 Å². The summed E-state index contributed by atoms with van der Waals surface area (Å²) >= 11 is 0. The van der Waals surface area contributed by atoms with Crippen LogP contribution in [-0.4, -0.2) is 32.1 Å². The number of rotatable bonds is 6. The van der Waals surface area contributed by atoms with E-state index >= 15 is 0 Å². The van der Waals surface area contributed by atoms with E-state index in [0.29, 0.717) is 17.0 Å². The van der Waals surface area contributed by atoms with Crippen molar-refractivity contribution in [1.82, 2.24) is 4.98 Å². The number of hydrogen-bond acceptors (Lipinski definition) is 5. The van der Waals surface area contributed by atoms with Gasteiger partial charge >= 0.3 is 0 Å². The van der Waals surface area contributed by atoms with Crippen molar-refractivity contribution in [2.75, 3.05) is 36.7 Å². The molecule has 1 amide bonds. The largest absolute Gasteiger partial charge is 0.495 e. The molecule has 2 N–H and O–H groups in total. The van der Waals surface area contributed by atoms with Gasteiger partial charge in [0.2, 0.25) is 0 Å². The average molecular weight is 362 g/mol. The van der Waals surface area contributed by atoms with E-state index < -0.39 is 0 Å². The standard InChI is InChI=1S/C21H22N4O2/c1-25(2)18-10-8-16(9-11-18)24-21(26)15-12-17(14-22-13-15)23-19-6-4-5-7-20(19)27-3/h4-14,23H,1-3H3,(H,24,26). The lowest BCUT2D eigenvalue weighted by atomic mass is 10.2. The van der Waals surface area contributed by atoms with Gasteiger partial charge in [-0.25, -0.2) is 0 Å². The number of benzene rings is 2. The number of methoxy groups -OCH3 is 1. The van der Waals surface area contributed by atoms with Crippen LogP contribution < -0.4 is 20.3 Å². The normalized spacial score (nSPS) is 10.2. The van der Waals surface area contributed by atoms with Crippen molar-refractivity contribution in [3.05, 3.63) is 72.6 Å². The van der Waals surface area contributed by atoms with Gasteiger partial charge < -0.3 is 20.3 Å².